The Balaban J connectivity index is 3.33. The minimum absolute atomic E-state index is 0.729. The van der Waals surface area contributed by atoms with Crippen LogP contribution in [0, 0.1) is 36.5 Å². The topological polar surface area (TPSA) is 40.5 Å². The van der Waals surface area contributed by atoms with Crippen LogP contribution >= 0.6 is 0 Å². The number of aliphatic hydroxyl groups excluding tert-OH is 2. The molecule has 2 nitrogen and oxygen atoms in total. The highest BCUT2D eigenvalue weighted by Crippen LogP contribution is 2.10. The summed E-state index contributed by atoms with van der Waals surface area (Å²) in [6.07, 6.45) is 39.2. The number of allylic oxidation sites excluding steroid dienone is 4. The summed E-state index contributed by atoms with van der Waals surface area (Å²) < 4.78 is 0. The lowest BCUT2D eigenvalue weighted by Gasteiger charge is -2.00. The maximum Gasteiger partial charge on any atom is 0.133 e. The van der Waals surface area contributed by atoms with Gasteiger partial charge in [0.2, 0.25) is 0 Å². The highest BCUT2D eigenvalue weighted by molar-refractivity contribution is 5.07. The van der Waals surface area contributed by atoms with Gasteiger partial charge in [0.25, 0.3) is 0 Å². The Kier molecular flexibility index (Phi) is 23.4. The van der Waals surface area contributed by atoms with E-state index < -0.39 is 12.2 Å². The van der Waals surface area contributed by atoms with Crippen molar-refractivity contribution in [3.05, 3.63) is 36.5 Å². The van der Waals surface area contributed by atoms with Crippen LogP contribution in [0.2, 0.25) is 0 Å². The molecule has 0 fully saturated rings. The van der Waals surface area contributed by atoms with E-state index >= 15 is 0 Å². The standard InChI is InChI=1S/C30H44O2/c1-3-29(31)27-25-23-21-19-17-15-13-11-9-7-5-6-8-10-12-14-16-18-20-22-24-26-28-30(32)4-2/h1-2,5-6,25-32H,7-9,11,13-24H2/b6-5-,27-25+,28-26+. The molecule has 32 heavy (non-hydrogen) atoms. The van der Waals surface area contributed by atoms with Crippen LogP contribution in [0.25, 0.3) is 0 Å². The average molecular weight is 437 g/mol. The van der Waals surface area contributed by atoms with E-state index in [1.165, 1.54) is 64.2 Å². The molecular weight excluding hydrogens is 392 g/mol. The second-order valence-electron chi connectivity index (χ2n) is 8.11. The van der Waals surface area contributed by atoms with Gasteiger partial charge in [-0.15, -0.1) is 18.8 Å². The minimum Gasteiger partial charge on any atom is -0.377 e. The molecule has 0 bridgehead atoms. The molecule has 0 spiro atoms. The Bertz CT molecular complexity index is 645. The van der Waals surface area contributed by atoms with Gasteiger partial charge < -0.3 is 10.2 Å². The van der Waals surface area contributed by atoms with Crippen molar-refractivity contribution in [2.75, 3.05) is 0 Å². The molecule has 0 aliphatic heterocycles. The van der Waals surface area contributed by atoms with Gasteiger partial charge in [0.15, 0.2) is 0 Å². The Morgan fingerprint density at radius 2 is 0.969 bits per heavy atom. The third-order valence-electron chi connectivity index (χ3n) is 5.15. The van der Waals surface area contributed by atoms with E-state index in [0.29, 0.717) is 0 Å². The number of hydrogen-bond acceptors (Lipinski definition) is 2. The zero-order chi connectivity index (χ0) is 23.5. The molecular formula is C30H44O2. The first-order valence-corrected chi connectivity index (χ1v) is 12.4. The summed E-state index contributed by atoms with van der Waals surface area (Å²) in [4.78, 5) is 0. The van der Waals surface area contributed by atoms with Gasteiger partial charge in [-0.1, -0.05) is 87.0 Å². The van der Waals surface area contributed by atoms with Gasteiger partial charge in [-0.05, 0) is 57.1 Å². The van der Waals surface area contributed by atoms with Crippen LogP contribution in [0.5, 0.6) is 0 Å². The molecule has 2 N–H and O–H groups in total. The molecule has 2 unspecified atom stereocenters. The summed E-state index contributed by atoms with van der Waals surface area (Å²) in [5.41, 5.74) is 0. The Morgan fingerprint density at radius 1 is 0.531 bits per heavy atom. The zero-order valence-corrected chi connectivity index (χ0v) is 20.0. The first-order valence-electron chi connectivity index (χ1n) is 12.4. The van der Waals surface area contributed by atoms with Crippen molar-refractivity contribution >= 4 is 0 Å². The van der Waals surface area contributed by atoms with Gasteiger partial charge >= 0.3 is 0 Å². The van der Waals surface area contributed by atoms with Gasteiger partial charge in [-0.3, -0.25) is 0 Å². The van der Waals surface area contributed by atoms with E-state index in [2.05, 4.69) is 35.8 Å². The zero-order valence-electron chi connectivity index (χ0n) is 20.0. The van der Waals surface area contributed by atoms with Crippen LogP contribution in [0.3, 0.4) is 0 Å². The summed E-state index contributed by atoms with van der Waals surface area (Å²) in [5, 5.41) is 18.4. The molecule has 0 saturated carbocycles. The van der Waals surface area contributed by atoms with Crippen molar-refractivity contribution in [1.29, 1.82) is 0 Å². The molecule has 0 radical (unpaired) electrons. The second kappa shape index (κ2) is 25.1. The van der Waals surface area contributed by atoms with Crippen molar-refractivity contribution in [1.82, 2.24) is 0 Å². The van der Waals surface area contributed by atoms with E-state index in [1.54, 1.807) is 12.2 Å². The van der Waals surface area contributed by atoms with E-state index in [0.717, 1.165) is 38.5 Å². The Morgan fingerprint density at radius 3 is 1.47 bits per heavy atom. The molecule has 0 saturated heterocycles. The van der Waals surface area contributed by atoms with Crippen molar-refractivity contribution in [3.8, 4) is 36.5 Å². The van der Waals surface area contributed by atoms with E-state index in [1.807, 2.05) is 12.2 Å². The van der Waals surface area contributed by atoms with Crippen molar-refractivity contribution in [2.45, 2.75) is 115 Å². The van der Waals surface area contributed by atoms with Gasteiger partial charge in [0.1, 0.15) is 12.2 Å². The maximum absolute atomic E-state index is 9.20. The number of aliphatic hydroxyl groups is 2. The van der Waals surface area contributed by atoms with E-state index in [9.17, 15) is 10.2 Å². The summed E-state index contributed by atoms with van der Waals surface area (Å²) in [6, 6.07) is 0. The molecule has 0 heterocycles. The number of rotatable bonds is 19. The number of unbranched alkanes of at least 4 members (excludes halogenated alkanes) is 13. The Labute approximate surface area is 198 Å². The van der Waals surface area contributed by atoms with Crippen LogP contribution in [-0.2, 0) is 0 Å². The molecule has 0 amide bonds. The lowest BCUT2D eigenvalue weighted by Crippen LogP contribution is -1.95. The third-order valence-corrected chi connectivity index (χ3v) is 5.15. The average Bonchev–Trinajstić information content (AvgIpc) is 2.81. The fourth-order valence-corrected chi connectivity index (χ4v) is 3.22. The predicted octanol–water partition coefficient (Wildman–Crippen LogP) is 6.89. The monoisotopic (exact) mass is 436 g/mol. The summed E-state index contributed by atoms with van der Waals surface area (Å²) in [5.74, 6) is 11.1. The molecule has 0 aromatic rings. The normalized spacial score (nSPS) is 13.1. The van der Waals surface area contributed by atoms with Crippen molar-refractivity contribution in [2.24, 2.45) is 0 Å². The molecule has 0 aliphatic rings. The highest BCUT2D eigenvalue weighted by Gasteiger charge is 1.93. The van der Waals surface area contributed by atoms with Gasteiger partial charge in [-0.2, -0.15) is 0 Å². The number of terminal acetylenes is 2. The fraction of sp³-hybridized carbons (Fsp3) is 0.600. The van der Waals surface area contributed by atoms with Crippen molar-refractivity contribution < 1.29 is 10.2 Å². The van der Waals surface area contributed by atoms with Crippen LogP contribution < -0.4 is 0 Å². The lowest BCUT2D eigenvalue weighted by atomic mass is 10.1. The molecule has 0 rings (SSSR count). The first-order chi connectivity index (χ1) is 15.7. The lowest BCUT2D eigenvalue weighted by molar-refractivity contribution is 0.280. The molecule has 176 valence electrons. The molecule has 0 aromatic carbocycles. The third kappa shape index (κ3) is 24.1. The summed E-state index contributed by atoms with van der Waals surface area (Å²) in [7, 11) is 0. The van der Waals surface area contributed by atoms with Gasteiger partial charge in [-0.25, -0.2) is 0 Å². The minimum atomic E-state index is -0.740. The van der Waals surface area contributed by atoms with Crippen LogP contribution in [-0.4, -0.2) is 22.4 Å². The highest BCUT2D eigenvalue weighted by atomic mass is 16.3. The second-order valence-corrected chi connectivity index (χ2v) is 8.11. The summed E-state index contributed by atoms with van der Waals surface area (Å²) >= 11 is 0. The van der Waals surface area contributed by atoms with Crippen LogP contribution in [0.1, 0.15) is 103 Å². The Hall–Kier alpha value is -2.18. The van der Waals surface area contributed by atoms with Crippen LogP contribution in [0.4, 0.5) is 0 Å². The van der Waals surface area contributed by atoms with E-state index in [-0.39, 0.29) is 0 Å². The van der Waals surface area contributed by atoms with Crippen LogP contribution in [0.15, 0.2) is 36.5 Å². The molecule has 0 aromatic heterocycles. The van der Waals surface area contributed by atoms with Gasteiger partial charge in [0, 0.05) is 12.8 Å². The predicted molar refractivity (Wildman–Crippen MR) is 139 cm³/mol. The van der Waals surface area contributed by atoms with Crippen molar-refractivity contribution in [3.63, 3.8) is 0 Å². The van der Waals surface area contributed by atoms with Gasteiger partial charge in [0.05, 0.1) is 0 Å². The smallest absolute Gasteiger partial charge is 0.133 e. The molecule has 2 atom stereocenters. The quantitative estimate of drug-likeness (QED) is 0.131. The SMILES string of the molecule is C#CC(O)/C=C/CCCCCCC#CC/C=C\CCCCCCCCC/C=C/C(O)C#C. The molecule has 2 heteroatoms. The number of hydrogen-bond donors (Lipinski definition) is 2. The van der Waals surface area contributed by atoms with E-state index in [4.69, 9.17) is 12.8 Å². The largest absolute Gasteiger partial charge is 0.377 e. The first kappa shape index (κ1) is 29.8. The summed E-state index contributed by atoms with van der Waals surface area (Å²) in [6.45, 7) is 0. The fourth-order valence-electron chi connectivity index (χ4n) is 3.22. The molecule has 0 aliphatic carbocycles. The maximum atomic E-state index is 9.20.